The zero-order chi connectivity index (χ0) is 16.2. The normalized spacial score (nSPS) is 12.0. The molecule has 1 aromatic rings. The van der Waals surface area contributed by atoms with Gasteiger partial charge in [-0.15, -0.1) is 0 Å². The molecule has 7 heteroatoms. The molecule has 0 aliphatic heterocycles. The summed E-state index contributed by atoms with van der Waals surface area (Å²) in [6, 6.07) is 3.11. The van der Waals surface area contributed by atoms with Crippen molar-refractivity contribution in [3.05, 3.63) is 39.4 Å². The van der Waals surface area contributed by atoms with Crippen LogP contribution in [0.15, 0.2) is 18.2 Å². The Morgan fingerprint density at radius 2 is 2.00 bits per heavy atom. The third-order valence-corrected chi connectivity index (χ3v) is 3.14. The molecule has 0 bridgehead atoms. The summed E-state index contributed by atoms with van der Waals surface area (Å²) >= 11 is 0. The SMILES string of the molecule is CCc1ccc(C(=O)NC(C(=O)O)C(C)C)cc1[N+](=O)[O-]. The number of carboxylic acid groups (broad SMARTS) is 1. The molecule has 1 amide bonds. The lowest BCUT2D eigenvalue weighted by Crippen LogP contribution is -2.44. The average molecular weight is 294 g/mol. The number of benzene rings is 1. The van der Waals surface area contributed by atoms with Crippen LogP contribution >= 0.6 is 0 Å². The first-order valence-corrected chi connectivity index (χ1v) is 6.58. The number of aryl methyl sites for hydroxylation is 1. The second-order valence-corrected chi connectivity index (χ2v) is 4.99. The van der Waals surface area contributed by atoms with Crippen LogP contribution in [-0.4, -0.2) is 27.9 Å². The van der Waals surface area contributed by atoms with Gasteiger partial charge in [0.05, 0.1) is 4.92 Å². The molecule has 0 aliphatic rings. The maximum absolute atomic E-state index is 12.0. The summed E-state index contributed by atoms with van der Waals surface area (Å²) in [6.45, 7) is 5.12. The molecular formula is C14H18N2O5. The average Bonchev–Trinajstić information content (AvgIpc) is 2.42. The van der Waals surface area contributed by atoms with Crippen molar-refractivity contribution in [2.75, 3.05) is 0 Å². The van der Waals surface area contributed by atoms with Crippen molar-refractivity contribution in [1.82, 2.24) is 5.32 Å². The summed E-state index contributed by atoms with van der Waals surface area (Å²) in [4.78, 5) is 33.5. The first-order chi connectivity index (χ1) is 9.77. The van der Waals surface area contributed by atoms with E-state index in [1.807, 2.05) is 0 Å². The van der Waals surface area contributed by atoms with Gasteiger partial charge in [0.2, 0.25) is 0 Å². The number of amides is 1. The second-order valence-electron chi connectivity index (χ2n) is 4.99. The van der Waals surface area contributed by atoms with Gasteiger partial charge in [-0.2, -0.15) is 0 Å². The highest BCUT2D eigenvalue weighted by Crippen LogP contribution is 2.21. The number of aliphatic carboxylic acids is 1. The van der Waals surface area contributed by atoms with Gasteiger partial charge in [0, 0.05) is 17.2 Å². The highest BCUT2D eigenvalue weighted by atomic mass is 16.6. The predicted octanol–water partition coefficient (Wildman–Crippen LogP) is 2.00. The highest BCUT2D eigenvalue weighted by molar-refractivity contribution is 5.97. The maximum Gasteiger partial charge on any atom is 0.326 e. The van der Waals surface area contributed by atoms with Gasteiger partial charge in [-0.25, -0.2) is 4.79 Å². The summed E-state index contributed by atoms with van der Waals surface area (Å²) in [6.07, 6.45) is 0.474. The number of rotatable bonds is 6. The fourth-order valence-electron chi connectivity index (χ4n) is 1.91. The number of carbonyl (C=O) groups excluding carboxylic acids is 1. The molecule has 1 rings (SSSR count). The summed E-state index contributed by atoms with van der Waals surface area (Å²) in [7, 11) is 0. The fourth-order valence-corrected chi connectivity index (χ4v) is 1.91. The summed E-state index contributed by atoms with van der Waals surface area (Å²) in [5.41, 5.74) is 0.461. The Morgan fingerprint density at radius 1 is 1.38 bits per heavy atom. The van der Waals surface area contributed by atoms with E-state index in [-0.39, 0.29) is 17.2 Å². The van der Waals surface area contributed by atoms with E-state index in [9.17, 15) is 19.7 Å². The molecule has 0 heterocycles. The Balaban J connectivity index is 3.05. The molecule has 1 aromatic carbocycles. The van der Waals surface area contributed by atoms with Gasteiger partial charge in [0.15, 0.2) is 0 Å². The largest absolute Gasteiger partial charge is 0.480 e. The van der Waals surface area contributed by atoms with Crippen LogP contribution < -0.4 is 5.32 Å². The third-order valence-electron chi connectivity index (χ3n) is 3.14. The number of nitro groups is 1. The Bertz CT molecular complexity index is 568. The predicted molar refractivity (Wildman–Crippen MR) is 76.2 cm³/mol. The van der Waals surface area contributed by atoms with Gasteiger partial charge in [-0.1, -0.05) is 26.8 Å². The smallest absolute Gasteiger partial charge is 0.326 e. The number of nitrogens with one attached hydrogen (secondary N) is 1. The monoisotopic (exact) mass is 294 g/mol. The lowest BCUT2D eigenvalue weighted by Gasteiger charge is -2.17. The third kappa shape index (κ3) is 4.01. The minimum absolute atomic E-state index is 0.0748. The van der Waals surface area contributed by atoms with Gasteiger partial charge < -0.3 is 10.4 Å². The van der Waals surface area contributed by atoms with Gasteiger partial charge in [0.1, 0.15) is 6.04 Å². The Kier molecular flexibility index (Phi) is 5.40. The van der Waals surface area contributed by atoms with Gasteiger partial charge in [-0.05, 0) is 18.4 Å². The number of nitro benzene ring substituents is 1. The molecule has 0 fully saturated rings. The quantitative estimate of drug-likeness (QED) is 0.616. The Labute approximate surface area is 122 Å². The van der Waals surface area contributed by atoms with Crippen LogP contribution in [0.1, 0.15) is 36.7 Å². The fraction of sp³-hybridized carbons (Fsp3) is 0.429. The van der Waals surface area contributed by atoms with Gasteiger partial charge in [-0.3, -0.25) is 14.9 Å². The topological polar surface area (TPSA) is 110 Å². The van der Waals surface area contributed by atoms with Crippen molar-refractivity contribution in [3.8, 4) is 0 Å². The van der Waals surface area contributed by atoms with Crippen LogP contribution in [0.2, 0.25) is 0 Å². The number of carboxylic acids is 1. The molecule has 1 atom stereocenters. The number of hydrogen-bond acceptors (Lipinski definition) is 4. The van der Waals surface area contributed by atoms with Crippen LogP contribution in [0, 0.1) is 16.0 Å². The van der Waals surface area contributed by atoms with Crippen LogP contribution in [0.5, 0.6) is 0 Å². The van der Waals surface area contributed by atoms with E-state index in [4.69, 9.17) is 5.11 Å². The van der Waals surface area contributed by atoms with Crippen molar-refractivity contribution >= 4 is 17.6 Å². The number of carbonyl (C=O) groups is 2. The zero-order valence-electron chi connectivity index (χ0n) is 12.1. The molecule has 7 nitrogen and oxygen atoms in total. The second kappa shape index (κ2) is 6.83. The Hall–Kier alpha value is -2.44. The lowest BCUT2D eigenvalue weighted by atomic mass is 10.0. The molecule has 0 spiro atoms. The van der Waals surface area contributed by atoms with Crippen molar-refractivity contribution in [2.24, 2.45) is 5.92 Å². The zero-order valence-corrected chi connectivity index (χ0v) is 12.1. The number of nitrogens with zero attached hydrogens (tertiary/aromatic N) is 1. The van der Waals surface area contributed by atoms with E-state index in [1.165, 1.54) is 18.2 Å². The van der Waals surface area contributed by atoms with Crippen molar-refractivity contribution < 1.29 is 19.6 Å². The lowest BCUT2D eigenvalue weighted by molar-refractivity contribution is -0.385. The molecule has 0 saturated heterocycles. The minimum Gasteiger partial charge on any atom is -0.480 e. The first-order valence-electron chi connectivity index (χ1n) is 6.58. The van der Waals surface area contributed by atoms with Gasteiger partial charge in [0.25, 0.3) is 11.6 Å². The maximum atomic E-state index is 12.0. The standard InChI is InChI=1S/C14H18N2O5/c1-4-9-5-6-10(7-11(9)16(20)21)13(17)15-12(8(2)3)14(18)19/h5-8,12H,4H2,1-3H3,(H,15,17)(H,18,19). The van der Waals surface area contributed by atoms with E-state index in [0.29, 0.717) is 12.0 Å². The summed E-state index contributed by atoms with van der Waals surface area (Å²) < 4.78 is 0. The molecule has 1 unspecified atom stereocenters. The van der Waals surface area contributed by atoms with E-state index in [1.54, 1.807) is 20.8 Å². The van der Waals surface area contributed by atoms with Crippen LogP contribution in [0.25, 0.3) is 0 Å². The van der Waals surface area contributed by atoms with E-state index in [0.717, 1.165) is 0 Å². The van der Waals surface area contributed by atoms with Crippen LogP contribution in [0.3, 0.4) is 0 Å². The molecule has 0 radical (unpaired) electrons. The molecule has 114 valence electrons. The van der Waals surface area contributed by atoms with Crippen molar-refractivity contribution in [3.63, 3.8) is 0 Å². The van der Waals surface area contributed by atoms with Crippen molar-refractivity contribution in [2.45, 2.75) is 33.2 Å². The Morgan fingerprint density at radius 3 is 2.43 bits per heavy atom. The van der Waals surface area contributed by atoms with Crippen molar-refractivity contribution in [1.29, 1.82) is 0 Å². The summed E-state index contributed by atoms with van der Waals surface area (Å²) in [5, 5.41) is 22.4. The molecule has 0 aromatic heterocycles. The molecule has 21 heavy (non-hydrogen) atoms. The van der Waals surface area contributed by atoms with E-state index < -0.39 is 22.8 Å². The van der Waals surface area contributed by atoms with Crippen LogP contribution in [0.4, 0.5) is 5.69 Å². The van der Waals surface area contributed by atoms with E-state index >= 15 is 0 Å². The molecular weight excluding hydrogens is 276 g/mol. The molecule has 0 aliphatic carbocycles. The van der Waals surface area contributed by atoms with Gasteiger partial charge >= 0.3 is 5.97 Å². The van der Waals surface area contributed by atoms with E-state index in [2.05, 4.69) is 5.32 Å². The summed E-state index contributed by atoms with van der Waals surface area (Å²) in [5.74, 6) is -2.07. The molecule has 2 N–H and O–H groups in total. The number of hydrogen-bond donors (Lipinski definition) is 2. The van der Waals surface area contributed by atoms with Crippen LogP contribution in [-0.2, 0) is 11.2 Å². The highest BCUT2D eigenvalue weighted by Gasteiger charge is 2.25. The minimum atomic E-state index is -1.14. The molecule has 0 saturated carbocycles. The first kappa shape index (κ1) is 16.6.